The van der Waals surface area contributed by atoms with E-state index in [1.165, 1.54) is 19.2 Å². The number of halogens is 1. The second-order valence-electron chi connectivity index (χ2n) is 4.51. The lowest BCUT2D eigenvalue weighted by Crippen LogP contribution is -2.18. The van der Waals surface area contributed by atoms with Gasteiger partial charge in [0.15, 0.2) is 0 Å². The molecule has 112 valence electrons. The fourth-order valence-corrected chi connectivity index (χ4v) is 2.90. The summed E-state index contributed by atoms with van der Waals surface area (Å²) in [6.45, 7) is 1.92. The molecule has 2 aromatic rings. The Morgan fingerprint density at radius 1 is 1.19 bits per heavy atom. The van der Waals surface area contributed by atoms with Crippen LogP contribution in [0.3, 0.4) is 0 Å². The Morgan fingerprint density at radius 3 is 2.48 bits per heavy atom. The van der Waals surface area contributed by atoms with Crippen LogP contribution in [0.1, 0.15) is 5.56 Å². The van der Waals surface area contributed by atoms with Gasteiger partial charge in [-0.25, -0.2) is 13.1 Å². The summed E-state index contributed by atoms with van der Waals surface area (Å²) in [5.41, 5.74) is 8.56. The number of hydrogen-bond acceptors (Lipinski definition) is 4. The molecule has 0 bridgehead atoms. The van der Waals surface area contributed by atoms with Crippen LogP contribution < -0.4 is 15.8 Å². The molecule has 0 unspecified atom stereocenters. The van der Waals surface area contributed by atoms with Gasteiger partial charge in [-0.15, -0.1) is 0 Å². The minimum absolute atomic E-state index is 0.115. The molecule has 0 saturated heterocycles. The molecule has 0 atom stereocenters. The number of nitrogen functional groups attached to an aromatic ring is 1. The maximum absolute atomic E-state index is 11.7. The van der Waals surface area contributed by atoms with Crippen LogP contribution in [0.5, 0.6) is 0 Å². The van der Waals surface area contributed by atoms with E-state index < -0.39 is 10.0 Å². The third-order valence-corrected chi connectivity index (χ3v) is 4.81. The minimum atomic E-state index is -3.51. The van der Waals surface area contributed by atoms with E-state index >= 15 is 0 Å². The van der Waals surface area contributed by atoms with Crippen LogP contribution in [0.25, 0.3) is 0 Å². The summed E-state index contributed by atoms with van der Waals surface area (Å²) in [6.07, 6.45) is 0. The predicted octanol–water partition coefficient (Wildman–Crippen LogP) is 2.88. The first-order valence-corrected chi connectivity index (χ1v) is 8.06. The van der Waals surface area contributed by atoms with E-state index in [1.54, 1.807) is 12.1 Å². The van der Waals surface area contributed by atoms with Gasteiger partial charge in [0, 0.05) is 0 Å². The normalized spacial score (nSPS) is 11.4. The molecule has 21 heavy (non-hydrogen) atoms. The van der Waals surface area contributed by atoms with Gasteiger partial charge >= 0.3 is 0 Å². The maximum Gasteiger partial charge on any atom is 0.240 e. The lowest BCUT2D eigenvalue weighted by molar-refractivity contribution is 0.588. The van der Waals surface area contributed by atoms with Gasteiger partial charge in [0.25, 0.3) is 0 Å². The van der Waals surface area contributed by atoms with E-state index in [0.29, 0.717) is 16.4 Å². The van der Waals surface area contributed by atoms with E-state index in [9.17, 15) is 8.42 Å². The third kappa shape index (κ3) is 3.29. The van der Waals surface area contributed by atoms with Crippen LogP contribution in [0.15, 0.2) is 41.3 Å². The number of rotatable bonds is 4. The molecule has 2 aromatic carbocycles. The van der Waals surface area contributed by atoms with Crippen molar-refractivity contribution in [2.24, 2.45) is 0 Å². The molecule has 4 N–H and O–H groups in total. The summed E-state index contributed by atoms with van der Waals surface area (Å²) >= 11 is 6.15. The van der Waals surface area contributed by atoms with Crippen molar-refractivity contribution in [3.63, 3.8) is 0 Å². The van der Waals surface area contributed by atoms with Crippen LogP contribution >= 0.6 is 11.6 Å². The Bertz CT molecular complexity index is 756. The summed E-state index contributed by atoms with van der Waals surface area (Å²) < 4.78 is 25.7. The van der Waals surface area contributed by atoms with Crippen molar-refractivity contribution >= 4 is 38.7 Å². The van der Waals surface area contributed by atoms with Gasteiger partial charge in [0.1, 0.15) is 0 Å². The molecule has 0 saturated carbocycles. The van der Waals surface area contributed by atoms with Crippen molar-refractivity contribution in [2.75, 3.05) is 18.1 Å². The maximum atomic E-state index is 11.7. The highest BCUT2D eigenvalue weighted by Crippen LogP contribution is 2.32. The Morgan fingerprint density at radius 2 is 1.90 bits per heavy atom. The van der Waals surface area contributed by atoms with Gasteiger partial charge in [-0.3, -0.25) is 0 Å². The highest BCUT2D eigenvalue weighted by Gasteiger charge is 2.13. The summed E-state index contributed by atoms with van der Waals surface area (Å²) in [5, 5.41) is 3.70. The van der Waals surface area contributed by atoms with Gasteiger partial charge in [0.05, 0.1) is 27.0 Å². The monoisotopic (exact) mass is 325 g/mol. The van der Waals surface area contributed by atoms with Crippen molar-refractivity contribution in [1.29, 1.82) is 0 Å². The molecule has 7 heteroatoms. The van der Waals surface area contributed by atoms with E-state index in [2.05, 4.69) is 10.0 Å². The molecular formula is C14H16ClN3O2S. The second-order valence-corrected chi connectivity index (χ2v) is 6.81. The zero-order valence-corrected chi connectivity index (χ0v) is 13.2. The van der Waals surface area contributed by atoms with Crippen LogP contribution in [0, 0.1) is 6.92 Å². The van der Waals surface area contributed by atoms with E-state index in [-0.39, 0.29) is 4.90 Å². The average molecular weight is 326 g/mol. The zero-order valence-electron chi connectivity index (χ0n) is 11.6. The molecule has 0 aliphatic rings. The number of anilines is 3. The first kappa shape index (κ1) is 15.6. The van der Waals surface area contributed by atoms with Crippen molar-refractivity contribution in [3.05, 3.63) is 47.0 Å². The van der Waals surface area contributed by atoms with Gasteiger partial charge in [-0.2, -0.15) is 0 Å². The van der Waals surface area contributed by atoms with E-state index in [4.69, 9.17) is 17.3 Å². The fraction of sp³-hybridized carbons (Fsp3) is 0.143. The lowest BCUT2D eigenvalue weighted by atomic mass is 10.2. The van der Waals surface area contributed by atoms with Crippen LogP contribution in [0.4, 0.5) is 17.1 Å². The van der Waals surface area contributed by atoms with Crippen molar-refractivity contribution in [3.8, 4) is 0 Å². The first-order valence-electron chi connectivity index (χ1n) is 6.20. The molecule has 0 fully saturated rings. The molecule has 0 aliphatic carbocycles. The number of aryl methyl sites for hydroxylation is 1. The molecule has 2 rings (SSSR count). The van der Waals surface area contributed by atoms with Gasteiger partial charge < -0.3 is 11.1 Å². The number of hydrogen-bond donors (Lipinski definition) is 3. The third-order valence-electron chi connectivity index (χ3n) is 3.08. The molecule has 5 nitrogen and oxygen atoms in total. The molecule has 0 amide bonds. The zero-order chi connectivity index (χ0) is 15.6. The Labute approximate surface area is 129 Å². The predicted molar refractivity (Wildman–Crippen MR) is 86.6 cm³/mol. The number of sulfonamides is 1. The highest BCUT2D eigenvalue weighted by atomic mass is 35.5. The molecule has 0 aliphatic heterocycles. The SMILES string of the molecule is CNS(=O)(=O)c1ccc(Nc2c(C)cccc2Cl)c(N)c1. The number of nitrogens with two attached hydrogens (primary N) is 1. The van der Waals surface area contributed by atoms with Crippen molar-refractivity contribution < 1.29 is 8.42 Å². The highest BCUT2D eigenvalue weighted by molar-refractivity contribution is 7.89. The molecule has 0 spiro atoms. The number of benzene rings is 2. The van der Waals surface area contributed by atoms with Crippen molar-refractivity contribution in [2.45, 2.75) is 11.8 Å². The standard InChI is InChI=1S/C14H16ClN3O2S/c1-9-4-3-5-11(15)14(9)18-13-7-6-10(8-12(13)16)21(19,20)17-2/h3-8,17-18H,16H2,1-2H3. The van der Waals surface area contributed by atoms with E-state index in [0.717, 1.165) is 11.3 Å². The molecule has 0 heterocycles. The quantitative estimate of drug-likeness (QED) is 0.755. The van der Waals surface area contributed by atoms with Crippen LogP contribution in [-0.2, 0) is 10.0 Å². The Kier molecular flexibility index (Phi) is 4.41. The summed E-state index contributed by atoms with van der Waals surface area (Å²) in [6, 6.07) is 10.0. The topological polar surface area (TPSA) is 84.2 Å². The van der Waals surface area contributed by atoms with Gasteiger partial charge in [0.2, 0.25) is 10.0 Å². The lowest BCUT2D eigenvalue weighted by Gasteiger charge is -2.14. The minimum Gasteiger partial charge on any atom is -0.397 e. The largest absolute Gasteiger partial charge is 0.397 e. The Balaban J connectivity index is 2.39. The number of nitrogens with one attached hydrogen (secondary N) is 2. The van der Waals surface area contributed by atoms with Crippen LogP contribution in [-0.4, -0.2) is 15.5 Å². The van der Waals surface area contributed by atoms with E-state index in [1.807, 2.05) is 19.1 Å². The first-order chi connectivity index (χ1) is 9.85. The van der Waals surface area contributed by atoms with Crippen LogP contribution in [0.2, 0.25) is 5.02 Å². The molecular weight excluding hydrogens is 310 g/mol. The van der Waals surface area contributed by atoms with Gasteiger partial charge in [-0.1, -0.05) is 23.7 Å². The molecule has 0 radical (unpaired) electrons. The smallest absolute Gasteiger partial charge is 0.240 e. The average Bonchev–Trinajstić information content (AvgIpc) is 2.44. The van der Waals surface area contributed by atoms with Crippen molar-refractivity contribution in [1.82, 2.24) is 4.72 Å². The summed E-state index contributed by atoms with van der Waals surface area (Å²) in [5.74, 6) is 0. The molecule has 0 aromatic heterocycles. The second kappa shape index (κ2) is 5.93. The fourth-order valence-electron chi connectivity index (χ4n) is 1.86. The summed E-state index contributed by atoms with van der Waals surface area (Å²) in [4.78, 5) is 0.115. The number of para-hydroxylation sites is 1. The Hall–Kier alpha value is -1.76. The summed E-state index contributed by atoms with van der Waals surface area (Å²) in [7, 11) is -2.16. The van der Waals surface area contributed by atoms with Gasteiger partial charge in [-0.05, 0) is 43.8 Å².